The number of carbonyl (C=O) groups is 2. The van der Waals surface area contributed by atoms with E-state index in [1.165, 1.54) is 32.2 Å². The smallest absolute Gasteiger partial charge is 0.418 e. The van der Waals surface area contributed by atoms with Crippen molar-refractivity contribution >= 4 is 23.5 Å². The molecule has 0 aliphatic heterocycles. The van der Waals surface area contributed by atoms with Crippen molar-refractivity contribution < 1.29 is 27.5 Å². The third-order valence-corrected chi connectivity index (χ3v) is 5.29. The Bertz CT molecular complexity index is 1290. The fraction of sp³-hybridized carbons (Fsp3) is 0.217. The van der Waals surface area contributed by atoms with Crippen LogP contribution in [-0.4, -0.2) is 28.8 Å². The van der Waals surface area contributed by atoms with Gasteiger partial charge in [0.2, 0.25) is 5.43 Å². The van der Waals surface area contributed by atoms with Crippen LogP contribution in [0.3, 0.4) is 0 Å². The van der Waals surface area contributed by atoms with Gasteiger partial charge in [0.05, 0.1) is 30.8 Å². The van der Waals surface area contributed by atoms with Crippen LogP contribution in [0.1, 0.15) is 39.8 Å². The average molecular weight is 494 g/mol. The van der Waals surface area contributed by atoms with E-state index in [1.807, 2.05) is 0 Å². The topological polar surface area (TPSA) is 90.3 Å². The van der Waals surface area contributed by atoms with Crippen LogP contribution < -0.4 is 10.7 Å². The number of nitrogens with one attached hydrogen (secondary N) is 1. The number of benzene rings is 2. The van der Waals surface area contributed by atoms with E-state index in [1.54, 1.807) is 24.3 Å². The van der Waals surface area contributed by atoms with Gasteiger partial charge in [0, 0.05) is 16.8 Å². The summed E-state index contributed by atoms with van der Waals surface area (Å²) in [5.74, 6) is -1.64. The summed E-state index contributed by atoms with van der Waals surface area (Å²) in [4.78, 5) is 37.4. The first-order valence-corrected chi connectivity index (χ1v) is 10.3. The van der Waals surface area contributed by atoms with Crippen LogP contribution in [0.15, 0.2) is 59.4 Å². The van der Waals surface area contributed by atoms with E-state index in [2.05, 4.69) is 15.2 Å². The molecule has 178 valence electrons. The monoisotopic (exact) mass is 493 g/mol. The lowest BCUT2D eigenvalue weighted by molar-refractivity contribution is -0.141. The summed E-state index contributed by atoms with van der Waals surface area (Å²) < 4.78 is 46.1. The number of esters is 1. The third kappa shape index (κ3) is 5.45. The lowest BCUT2D eigenvalue weighted by Gasteiger charge is -2.20. The largest absolute Gasteiger partial charge is 0.469 e. The van der Waals surface area contributed by atoms with Crippen molar-refractivity contribution in [3.8, 4) is 5.69 Å². The van der Waals surface area contributed by atoms with Crippen molar-refractivity contribution in [2.24, 2.45) is 0 Å². The Labute approximate surface area is 197 Å². The maximum atomic E-state index is 13.5. The SMILES string of the molecule is COC(=O)CC(NC(=O)c1nn(-c2ccccc2C(F)(F)F)c(C)cc1=O)c1ccccc1Cl. The van der Waals surface area contributed by atoms with E-state index in [9.17, 15) is 27.6 Å². The van der Waals surface area contributed by atoms with Crippen LogP contribution in [0.4, 0.5) is 13.2 Å². The molecular weight excluding hydrogens is 475 g/mol. The number of nitrogens with zero attached hydrogens (tertiary/aromatic N) is 2. The van der Waals surface area contributed by atoms with Gasteiger partial charge in [0.15, 0.2) is 5.69 Å². The summed E-state index contributed by atoms with van der Waals surface area (Å²) in [7, 11) is 1.17. The lowest BCUT2D eigenvalue weighted by Crippen LogP contribution is -2.35. The predicted octanol–water partition coefficient (Wildman–Crippen LogP) is 4.25. The molecule has 3 aromatic rings. The van der Waals surface area contributed by atoms with Crippen LogP contribution in [-0.2, 0) is 15.7 Å². The van der Waals surface area contributed by atoms with Crippen LogP contribution >= 0.6 is 11.6 Å². The average Bonchev–Trinajstić information content (AvgIpc) is 2.78. The Morgan fingerprint density at radius 3 is 2.44 bits per heavy atom. The quantitative estimate of drug-likeness (QED) is 0.519. The standard InChI is InChI=1S/C23H19ClF3N3O4/c1-13-11-19(31)21(29-30(13)18-10-6-4-8-15(18)23(25,26)27)22(33)28-17(12-20(32)34-2)14-7-3-5-9-16(14)24/h3-11,17H,12H2,1-2H3,(H,28,33). The number of hydrogen-bond acceptors (Lipinski definition) is 5. The molecule has 0 radical (unpaired) electrons. The molecule has 1 N–H and O–H groups in total. The molecule has 1 unspecified atom stereocenters. The lowest BCUT2D eigenvalue weighted by atomic mass is 10.0. The molecule has 11 heteroatoms. The highest BCUT2D eigenvalue weighted by Gasteiger charge is 2.34. The zero-order valence-electron chi connectivity index (χ0n) is 18.0. The molecule has 1 heterocycles. The molecule has 34 heavy (non-hydrogen) atoms. The minimum absolute atomic E-state index is 0.0930. The van der Waals surface area contributed by atoms with Crippen LogP contribution in [0.5, 0.6) is 0 Å². The summed E-state index contributed by atoms with van der Waals surface area (Å²) in [6, 6.07) is 11.1. The van der Waals surface area contributed by atoms with Gasteiger partial charge in [0.1, 0.15) is 0 Å². The van der Waals surface area contributed by atoms with Crippen molar-refractivity contribution in [2.75, 3.05) is 7.11 Å². The van der Waals surface area contributed by atoms with Gasteiger partial charge in [-0.05, 0) is 30.7 Å². The number of methoxy groups -OCH3 is 1. The number of aromatic nitrogens is 2. The van der Waals surface area contributed by atoms with E-state index in [0.29, 0.717) is 5.56 Å². The number of ether oxygens (including phenoxy) is 1. The highest BCUT2D eigenvalue weighted by Crippen LogP contribution is 2.33. The molecule has 2 aromatic carbocycles. The van der Waals surface area contributed by atoms with Crippen LogP contribution in [0.25, 0.3) is 5.69 Å². The molecule has 0 saturated carbocycles. The minimum atomic E-state index is -4.69. The summed E-state index contributed by atoms with van der Waals surface area (Å²) in [6.45, 7) is 1.40. The highest BCUT2D eigenvalue weighted by atomic mass is 35.5. The molecule has 0 aliphatic carbocycles. The van der Waals surface area contributed by atoms with Gasteiger partial charge >= 0.3 is 12.1 Å². The fourth-order valence-corrected chi connectivity index (χ4v) is 3.59. The summed E-state index contributed by atoms with van der Waals surface area (Å²) in [5, 5.41) is 6.70. The van der Waals surface area contributed by atoms with Crippen molar-refractivity contribution in [1.29, 1.82) is 0 Å². The number of halogens is 4. The van der Waals surface area contributed by atoms with Crippen molar-refractivity contribution in [1.82, 2.24) is 15.1 Å². The first-order valence-electron chi connectivity index (χ1n) is 9.92. The number of hydrogen-bond donors (Lipinski definition) is 1. The number of alkyl halides is 3. The normalized spacial score (nSPS) is 12.2. The number of amides is 1. The number of rotatable bonds is 6. The van der Waals surface area contributed by atoms with Gasteiger partial charge in [-0.1, -0.05) is 41.9 Å². The molecular formula is C23H19ClF3N3O4. The second kappa shape index (κ2) is 10.1. The summed E-state index contributed by atoms with van der Waals surface area (Å²) >= 11 is 6.20. The Balaban J connectivity index is 2.05. The number of para-hydroxylation sites is 1. The van der Waals surface area contributed by atoms with Crippen molar-refractivity contribution in [3.63, 3.8) is 0 Å². The molecule has 1 atom stereocenters. The van der Waals surface area contributed by atoms with Crippen molar-refractivity contribution in [3.05, 3.63) is 92.4 Å². The Kier molecular flexibility index (Phi) is 7.41. The van der Waals surface area contributed by atoms with Gasteiger partial charge in [-0.25, -0.2) is 4.68 Å². The van der Waals surface area contributed by atoms with Crippen molar-refractivity contribution in [2.45, 2.75) is 25.6 Å². The predicted molar refractivity (Wildman–Crippen MR) is 118 cm³/mol. The first-order chi connectivity index (χ1) is 16.0. The molecule has 0 bridgehead atoms. The number of carbonyl (C=O) groups excluding carboxylic acids is 2. The Morgan fingerprint density at radius 1 is 1.15 bits per heavy atom. The third-order valence-electron chi connectivity index (χ3n) is 4.94. The molecule has 0 spiro atoms. The summed E-state index contributed by atoms with van der Waals surface area (Å²) in [6.07, 6.45) is -4.99. The molecule has 7 nitrogen and oxygen atoms in total. The molecule has 1 amide bonds. The molecule has 1 aromatic heterocycles. The van der Waals surface area contributed by atoms with E-state index in [-0.39, 0.29) is 22.8 Å². The maximum Gasteiger partial charge on any atom is 0.418 e. The molecule has 0 saturated heterocycles. The van der Waals surface area contributed by atoms with E-state index >= 15 is 0 Å². The van der Waals surface area contributed by atoms with Gasteiger partial charge < -0.3 is 10.1 Å². The van der Waals surface area contributed by atoms with Gasteiger partial charge in [0.25, 0.3) is 5.91 Å². The fourth-order valence-electron chi connectivity index (χ4n) is 3.32. The molecule has 0 aliphatic rings. The Hall–Kier alpha value is -3.66. The maximum absolute atomic E-state index is 13.5. The first kappa shape index (κ1) is 25.0. The summed E-state index contributed by atoms with van der Waals surface area (Å²) in [5.41, 5.74) is -2.30. The second-order valence-corrected chi connectivity index (χ2v) is 7.66. The zero-order chi connectivity index (χ0) is 25.0. The van der Waals surface area contributed by atoms with E-state index in [4.69, 9.17) is 11.6 Å². The van der Waals surface area contributed by atoms with Crippen LogP contribution in [0.2, 0.25) is 5.02 Å². The molecule has 3 rings (SSSR count). The van der Waals surface area contributed by atoms with Gasteiger partial charge in [-0.2, -0.15) is 18.3 Å². The second-order valence-electron chi connectivity index (χ2n) is 7.25. The molecule has 0 fully saturated rings. The van der Waals surface area contributed by atoms with Gasteiger partial charge in [-0.3, -0.25) is 14.4 Å². The van der Waals surface area contributed by atoms with Gasteiger partial charge in [-0.15, -0.1) is 0 Å². The van der Waals surface area contributed by atoms with E-state index in [0.717, 1.165) is 16.8 Å². The van der Waals surface area contributed by atoms with Crippen LogP contribution in [0, 0.1) is 6.92 Å². The minimum Gasteiger partial charge on any atom is -0.469 e. The number of aryl methyl sites for hydroxylation is 1. The zero-order valence-corrected chi connectivity index (χ0v) is 18.8. The Morgan fingerprint density at radius 2 is 1.79 bits per heavy atom. The highest BCUT2D eigenvalue weighted by molar-refractivity contribution is 6.31. The van der Waals surface area contributed by atoms with E-state index < -0.39 is 40.8 Å².